The molecule has 0 saturated heterocycles. The van der Waals surface area contributed by atoms with E-state index in [1.807, 2.05) is 60.7 Å². The summed E-state index contributed by atoms with van der Waals surface area (Å²) in [5, 5.41) is 11.7. The molecule has 2 aromatic carbocycles. The fourth-order valence-corrected chi connectivity index (χ4v) is 1.86. The van der Waals surface area contributed by atoms with Crippen LogP contribution < -0.4 is 15.5 Å². The Morgan fingerprint density at radius 1 is 0.895 bits per heavy atom. The molecule has 0 amide bonds. The third-order valence-corrected chi connectivity index (χ3v) is 2.69. The summed E-state index contributed by atoms with van der Waals surface area (Å²) in [6.45, 7) is 0. The maximum atomic E-state index is 7.83. The Morgan fingerprint density at radius 2 is 1.47 bits per heavy atom. The zero-order valence-corrected chi connectivity index (χ0v) is 10.8. The average molecular weight is 274 g/mol. The van der Waals surface area contributed by atoms with Crippen molar-refractivity contribution in [1.82, 2.24) is 5.27 Å². The van der Waals surface area contributed by atoms with Gasteiger partial charge in [0.2, 0.25) is 5.69 Å². The first-order valence-electron chi connectivity index (χ1n) is 5.61. The number of aromatic nitrogens is 2. The molecule has 0 radical (unpaired) electrons. The zero-order valence-electron chi connectivity index (χ0n) is 9.98. The number of nitrogens with zero attached hydrogens (tertiary/aromatic N) is 2. The number of nitrogens with one attached hydrogen (secondary N) is 1. The van der Waals surface area contributed by atoms with Crippen LogP contribution in [0.3, 0.4) is 0 Å². The van der Waals surface area contributed by atoms with Gasteiger partial charge in [-0.15, -0.1) is 12.4 Å². The van der Waals surface area contributed by atoms with Gasteiger partial charge in [-0.1, -0.05) is 36.4 Å². The van der Waals surface area contributed by atoms with Crippen LogP contribution in [-0.2, 0) is 0 Å². The lowest BCUT2D eigenvalue weighted by Crippen LogP contribution is -2.37. The van der Waals surface area contributed by atoms with Gasteiger partial charge in [0.25, 0.3) is 11.2 Å². The topological polar surface area (TPSA) is 55.0 Å². The largest absolute Gasteiger partial charge is 0.486 e. The molecule has 0 unspecified atom stereocenters. The van der Waals surface area contributed by atoms with Crippen molar-refractivity contribution >= 4 is 12.4 Å². The monoisotopic (exact) mass is 273 g/mol. The first kappa shape index (κ1) is 13.1. The molecule has 1 aromatic heterocycles. The molecule has 1 N–H and O–H groups in total. The Bertz CT molecular complexity index is 704. The van der Waals surface area contributed by atoms with Crippen molar-refractivity contribution < 1.29 is 9.20 Å². The van der Waals surface area contributed by atoms with Crippen molar-refractivity contribution in [2.45, 2.75) is 0 Å². The van der Waals surface area contributed by atoms with Crippen molar-refractivity contribution in [3.8, 4) is 16.9 Å². The van der Waals surface area contributed by atoms with Crippen LogP contribution in [0.5, 0.6) is 0 Å². The van der Waals surface area contributed by atoms with E-state index in [0.717, 1.165) is 11.3 Å². The maximum absolute atomic E-state index is 7.83. The van der Waals surface area contributed by atoms with Gasteiger partial charge in [0.05, 0.1) is 5.56 Å². The molecule has 3 rings (SSSR count). The summed E-state index contributed by atoms with van der Waals surface area (Å²) in [5.74, 6) is 0. The van der Waals surface area contributed by atoms with Gasteiger partial charge in [0.15, 0.2) is 0 Å². The van der Waals surface area contributed by atoms with E-state index in [4.69, 9.17) is 9.93 Å². The summed E-state index contributed by atoms with van der Waals surface area (Å²) in [7, 11) is 0. The lowest BCUT2D eigenvalue weighted by molar-refractivity contribution is -0.666. The maximum Gasteiger partial charge on any atom is 0.274 e. The quantitative estimate of drug-likeness (QED) is 0.727. The summed E-state index contributed by atoms with van der Waals surface area (Å²) >= 11 is 0. The number of rotatable bonds is 2. The average Bonchev–Trinajstić information content (AvgIpc) is 2.83. The van der Waals surface area contributed by atoms with Crippen LogP contribution >= 0.6 is 12.4 Å². The Balaban J connectivity index is 0.00000133. The van der Waals surface area contributed by atoms with Gasteiger partial charge in [0.1, 0.15) is 0 Å². The minimum Gasteiger partial charge on any atom is -0.486 e. The molecule has 0 aliphatic carbocycles. The first-order valence-corrected chi connectivity index (χ1v) is 5.61. The van der Waals surface area contributed by atoms with Crippen LogP contribution in [0.15, 0.2) is 65.2 Å². The van der Waals surface area contributed by atoms with E-state index in [1.165, 1.54) is 0 Å². The van der Waals surface area contributed by atoms with Gasteiger partial charge in [-0.3, -0.25) is 5.41 Å². The standard InChI is InChI=1S/C14H11N3O.ClH/c15-14-13(11-7-3-1-4-8-11)17(16-18-14)12-9-5-2-6-10-12;/h1-10,15H;1H. The zero-order chi connectivity index (χ0) is 12.4. The lowest BCUT2D eigenvalue weighted by Gasteiger charge is -2.00. The second-order valence-corrected chi connectivity index (χ2v) is 3.86. The van der Waals surface area contributed by atoms with Gasteiger partial charge in [0, 0.05) is 12.1 Å². The third-order valence-electron chi connectivity index (χ3n) is 2.69. The molecule has 0 fully saturated rings. The summed E-state index contributed by atoms with van der Waals surface area (Å²) in [5.41, 5.74) is 2.50. The van der Waals surface area contributed by atoms with Crippen molar-refractivity contribution in [3.05, 3.63) is 66.2 Å². The number of benzene rings is 2. The Kier molecular flexibility index (Phi) is 3.82. The van der Waals surface area contributed by atoms with E-state index >= 15 is 0 Å². The molecule has 96 valence electrons. The summed E-state index contributed by atoms with van der Waals surface area (Å²) in [6, 6.07) is 19.3. The van der Waals surface area contributed by atoms with Crippen molar-refractivity contribution in [2.75, 3.05) is 0 Å². The van der Waals surface area contributed by atoms with E-state index in [9.17, 15) is 0 Å². The van der Waals surface area contributed by atoms with Gasteiger partial charge >= 0.3 is 0 Å². The van der Waals surface area contributed by atoms with Crippen LogP contribution in [0.25, 0.3) is 16.9 Å². The van der Waals surface area contributed by atoms with Crippen LogP contribution in [0.1, 0.15) is 0 Å². The molecule has 19 heavy (non-hydrogen) atoms. The Labute approximate surface area is 116 Å². The van der Waals surface area contributed by atoms with Gasteiger partial charge in [-0.25, -0.2) is 5.27 Å². The molecule has 0 saturated carbocycles. The molecular formula is C14H12ClN3O. The van der Waals surface area contributed by atoms with Gasteiger partial charge in [-0.05, 0) is 12.1 Å². The second-order valence-electron chi connectivity index (χ2n) is 3.86. The molecule has 5 heteroatoms. The van der Waals surface area contributed by atoms with Gasteiger partial charge < -0.3 is 4.52 Å². The predicted octanol–water partition coefficient (Wildman–Crippen LogP) is 2.08. The summed E-state index contributed by atoms with van der Waals surface area (Å²) in [4.78, 5) is 0. The predicted molar refractivity (Wildman–Crippen MR) is 72.1 cm³/mol. The highest BCUT2D eigenvalue weighted by atomic mass is 35.5. The highest BCUT2D eigenvalue weighted by molar-refractivity contribution is 5.85. The highest BCUT2D eigenvalue weighted by Crippen LogP contribution is 2.11. The number of hydrogen-bond donors (Lipinski definition) is 1. The molecule has 0 aliphatic heterocycles. The highest BCUT2D eigenvalue weighted by Gasteiger charge is 2.16. The first-order chi connectivity index (χ1) is 8.86. The smallest absolute Gasteiger partial charge is 0.274 e. The van der Waals surface area contributed by atoms with Crippen molar-refractivity contribution in [1.29, 1.82) is 5.41 Å². The SMILES string of the molecule is Cl.N=c1o[n-][n+](-c2ccccc2)c1-c1ccccc1. The van der Waals surface area contributed by atoms with Gasteiger partial charge in [-0.2, -0.15) is 4.68 Å². The molecule has 1 heterocycles. The molecule has 0 spiro atoms. The third kappa shape index (κ3) is 2.44. The number of hydrogen-bond acceptors (Lipinski definition) is 2. The van der Waals surface area contributed by atoms with Crippen LogP contribution in [0.4, 0.5) is 0 Å². The summed E-state index contributed by atoms with van der Waals surface area (Å²) in [6.07, 6.45) is 0. The van der Waals surface area contributed by atoms with E-state index in [0.29, 0.717) is 5.69 Å². The molecule has 4 nitrogen and oxygen atoms in total. The van der Waals surface area contributed by atoms with E-state index < -0.39 is 0 Å². The molecule has 3 aromatic rings. The fourth-order valence-electron chi connectivity index (χ4n) is 1.86. The Hall–Kier alpha value is -2.33. The number of halogens is 1. The van der Waals surface area contributed by atoms with Crippen molar-refractivity contribution in [2.24, 2.45) is 0 Å². The molecular weight excluding hydrogens is 262 g/mol. The van der Waals surface area contributed by atoms with Crippen LogP contribution in [0, 0.1) is 5.41 Å². The normalized spacial score (nSPS) is 9.89. The van der Waals surface area contributed by atoms with Crippen LogP contribution in [-0.4, -0.2) is 0 Å². The van der Waals surface area contributed by atoms with Crippen LogP contribution in [0.2, 0.25) is 0 Å². The van der Waals surface area contributed by atoms with E-state index in [-0.39, 0.29) is 18.0 Å². The minimum absolute atomic E-state index is 0. The van der Waals surface area contributed by atoms with Crippen molar-refractivity contribution in [3.63, 3.8) is 0 Å². The van der Waals surface area contributed by atoms with E-state index in [1.54, 1.807) is 4.68 Å². The fraction of sp³-hybridized carbons (Fsp3) is 0. The van der Waals surface area contributed by atoms with E-state index in [2.05, 4.69) is 5.27 Å². The minimum atomic E-state index is 0. The second kappa shape index (κ2) is 5.54. The lowest BCUT2D eigenvalue weighted by atomic mass is 10.1. The number of para-hydroxylation sites is 1. The Morgan fingerprint density at radius 3 is 2.11 bits per heavy atom. The molecule has 0 atom stereocenters. The molecule has 0 bridgehead atoms. The molecule has 0 aliphatic rings. The summed E-state index contributed by atoms with van der Waals surface area (Å²) < 4.78 is 6.62.